The molecule has 0 aromatic heterocycles. The average molecular weight is 218 g/mol. The smallest absolute Gasteiger partial charge is 0.0546 e. The highest BCUT2D eigenvalue weighted by Crippen LogP contribution is 2.33. The zero-order chi connectivity index (χ0) is 11.4. The van der Waals surface area contributed by atoms with Gasteiger partial charge >= 0.3 is 0 Å². The number of aliphatic hydroxyl groups is 1. The van der Waals surface area contributed by atoms with Crippen LogP contribution in [-0.2, 0) is 6.42 Å². The van der Waals surface area contributed by atoms with Crippen molar-refractivity contribution in [1.29, 1.82) is 0 Å². The zero-order valence-electron chi connectivity index (χ0n) is 10.2. The van der Waals surface area contributed by atoms with E-state index in [0.29, 0.717) is 5.92 Å². The fourth-order valence-corrected chi connectivity index (χ4v) is 2.76. The molecule has 2 rings (SSSR count). The van der Waals surface area contributed by atoms with Crippen molar-refractivity contribution in [2.24, 2.45) is 0 Å². The van der Waals surface area contributed by atoms with Crippen molar-refractivity contribution in [3.05, 3.63) is 35.4 Å². The maximum Gasteiger partial charge on any atom is 0.0546 e. The van der Waals surface area contributed by atoms with Crippen LogP contribution in [0.2, 0.25) is 0 Å². The summed E-state index contributed by atoms with van der Waals surface area (Å²) in [6.07, 6.45) is 6.66. The van der Waals surface area contributed by atoms with Crippen LogP contribution >= 0.6 is 0 Å². The predicted molar refractivity (Wildman–Crippen MR) is 67.7 cm³/mol. The van der Waals surface area contributed by atoms with Gasteiger partial charge in [-0.15, -0.1) is 0 Å². The average Bonchev–Trinajstić information content (AvgIpc) is 2.30. The molecule has 0 saturated heterocycles. The molecule has 1 aromatic rings. The molecule has 1 nitrogen and oxygen atoms in total. The van der Waals surface area contributed by atoms with Crippen molar-refractivity contribution in [3.8, 4) is 0 Å². The minimum atomic E-state index is -0.0754. The van der Waals surface area contributed by atoms with Crippen molar-refractivity contribution in [2.45, 2.75) is 57.5 Å². The van der Waals surface area contributed by atoms with Crippen LogP contribution in [0.5, 0.6) is 0 Å². The van der Waals surface area contributed by atoms with Crippen LogP contribution in [0, 0.1) is 0 Å². The summed E-state index contributed by atoms with van der Waals surface area (Å²) in [5.74, 6) is 0.584. The Hall–Kier alpha value is -0.820. The summed E-state index contributed by atoms with van der Waals surface area (Å²) in [5.41, 5.74) is 2.88. The summed E-state index contributed by atoms with van der Waals surface area (Å²) in [5, 5.41) is 9.71. The summed E-state index contributed by atoms with van der Waals surface area (Å²) in [7, 11) is 0. The van der Waals surface area contributed by atoms with Gasteiger partial charge in [0.05, 0.1) is 6.10 Å². The Kier molecular flexibility index (Phi) is 4.00. The second-order valence-electron chi connectivity index (χ2n) is 5.01. The van der Waals surface area contributed by atoms with E-state index in [9.17, 15) is 5.11 Å². The van der Waals surface area contributed by atoms with Gasteiger partial charge in [0.15, 0.2) is 0 Å². The Labute approximate surface area is 98.5 Å². The first-order valence-electron chi connectivity index (χ1n) is 6.56. The maximum absolute atomic E-state index is 9.71. The number of rotatable bonds is 3. The first-order valence-corrected chi connectivity index (χ1v) is 6.56. The summed E-state index contributed by atoms with van der Waals surface area (Å²) in [4.78, 5) is 0. The van der Waals surface area contributed by atoms with E-state index in [2.05, 4.69) is 31.2 Å². The summed E-state index contributed by atoms with van der Waals surface area (Å²) < 4.78 is 0. The van der Waals surface area contributed by atoms with Crippen molar-refractivity contribution in [1.82, 2.24) is 0 Å². The third-order valence-electron chi connectivity index (χ3n) is 3.61. The topological polar surface area (TPSA) is 20.2 Å². The quantitative estimate of drug-likeness (QED) is 0.821. The second-order valence-corrected chi connectivity index (χ2v) is 5.01. The van der Waals surface area contributed by atoms with Gasteiger partial charge < -0.3 is 5.11 Å². The molecule has 1 aliphatic carbocycles. The summed E-state index contributed by atoms with van der Waals surface area (Å²) in [6, 6.07) is 8.95. The van der Waals surface area contributed by atoms with Crippen LogP contribution in [0.4, 0.5) is 0 Å². The van der Waals surface area contributed by atoms with Crippen LogP contribution in [0.25, 0.3) is 0 Å². The van der Waals surface area contributed by atoms with Crippen molar-refractivity contribution >= 4 is 0 Å². The van der Waals surface area contributed by atoms with Gasteiger partial charge in [0.1, 0.15) is 0 Å². The minimum absolute atomic E-state index is 0.0754. The third kappa shape index (κ3) is 2.85. The van der Waals surface area contributed by atoms with Gasteiger partial charge in [-0.1, -0.05) is 44.0 Å². The van der Waals surface area contributed by atoms with E-state index >= 15 is 0 Å². The molecule has 88 valence electrons. The molecule has 0 aliphatic heterocycles. The first-order chi connectivity index (χ1) is 7.79. The molecule has 0 amide bonds. The highest BCUT2D eigenvalue weighted by atomic mass is 16.3. The molecule has 1 aliphatic rings. The molecule has 1 fully saturated rings. The zero-order valence-corrected chi connectivity index (χ0v) is 10.2. The van der Waals surface area contributed by atoms with Crippen LogP contribution in [-0.4, -0.2) is 11.2 Å². The van der Waals surface area contributed by atoms with E-state index in [1.54, 1.807) is 0 Å². The highest BCUT2D eigenvalue weighted by molar-refractivity contribution is 5.27. The summed E-state index contributed by atoms with van der Waals surface area (Å²) >= 11 is 0. The Morgan fingerprint density at radius 3 is 2.94 bits per heavy atom. The van der Waals surface area contributed by atoms with Crippen molar-refractivity contribution < 1.29 is 5.11 Å². The van der Waals surface area contributed by atoms with Gasteiger partial charge in [-0.05, 0) is 42.7 Å². The molecule has 0 radical (unpaired) electrons. The van der Waals surface area contributed by atoms with E-state index < -0.39 is 0 Å². The lowest BCUT2D eigenvalue weighted by molar-refractivity contribution is 0.119. The Morgan fingerprint density at radius 2 is 2.19 bits per heavy atom. The molecule has 16 heavy (non-hydrogen) atoms. The second kappa shape index (κ2) is 5.49. The largest absolute Gasteiger partial charge is 0.393 e. The SMILES string of the molecule is CCCc1cccc(C2CCCC(O)C2)c1. The van der Waals surface area contributed by atoms with E-state index in [1.807, 2.05) is 0 Å². The Balaban J connectivity index is 2.09. The van der Waals surface area contributed by atoms with Gasteiger partial charge in [0.2, 0.25) is 0 Å². The molecular weight excluding hydrogens is 196 g/mol. The number of hydrogen-bond donors (Lipinski definition) is 1. The van der Waals surface area contributed by atoms with Gasteiger partial charge in [-0.3, -0.25) is 0 Å². The fraction of sp³-hybridized carbons (Fsp3) is 0.600. The fourth-order valence-electron chi connectivity index (χ4n) is 2.76. The number of benzene rings is 1. The van der Waals surface area contributed by atoms with E-state index in [1.165, 1.54) is 36.8 Å². The molecule has 2 atom stereocenters. The molecule has 1 N–H and O–H groups in total. The highest BCUT2D eigenvalue weighted by Gasteiger charge is 2.21. The van der Waals surface area contributed by atoms with Crippen molar-refractivity contribution in [2.75, 3.05) is 0 Å². The Morgan fingerprint density at radius 1 is 1.31 bits per heavy atom. The molecule has 1 aromatic carbocycles. The number of hydrogen-bond acceptors (Lipinski definition) is 1. The molecule has 0 heterocycles. The lowest BCUT2D eigenvalue weighted by Gasteiger charge is -2.26. The first kappa shape index (κ1) is 11.7. The van der Waals surface area contributed by atoms with Gasteiger partial charge in [-0.2, -0.15) is 0 Å². The maximum atomic E-state index is 9.71. The molecular formula is C15H22O. The van der Waals surface area contributed by atoms with Crippen LogP contribution in [0.15, 0.2) is 24.3 Å². The third-order valence-corrected chi connectivity index (χ3v) is 3.61. The van der Waals surface area contributed by atoms with E-state index in [0.717, 1.165) is 12.8 Å². The number of aliphatic hydroxyl groups excluding tert-OH is 1. The normalized spacial score (nSPS) is 25.6. The van der Waals surface area contributed by atoms with Crippen LogP contribution in [0.1, 0.15) is 56.1 Å². The van der Waals surface area contributed by atoms with Gasteiger partial charge in [0.25, 0.3) is 0 Å². The number of aryl methyl sites for hydroxylation is 1. The molecule has 1 heteroatoms. The summed E-state index contributed by atoms with van der Waals surface area (Å²) in [6.45, 7) is 2.22. The Bertz CT molecular complexity index is 332. The minimum Gasteiger partial charge on any atom is -0.393 e. The standard InChI is InChI=1S/C15H22O/c1-2-5-12-6-3-7-13(10-12)14-8-4-9-15(16)11-14/h3,6-7,10,14-16H,2,4-5,8-9,11H2,1H3. The molecule has 1 saturated carbocycles. The molecule has 0 spiro atoms. The van der Waals surface area contributed by atoms with Crippen molar-refractivity contribution in [3.63, 3.8) is 0 Å². The molecule has 0 bridgehead atoms. The van der Waals surface area contributed by atoms with Crippen LogP contribution < -0.4 is 0 Å². The van der Waals surface area contributed by atoms with Gasteiger partial charge in [0, 0.05) is 0 Å². The van der Waals surface area contributed by atoms with E-state index in [-0.39, 0.29) is 6.10 Å². The van der Waals surface area contributed by atoms with E-state index in [4.69, 9.17) is 0 Å². The predicted octanol–water partition coefficient (Wildman–Crippen LogP) is 3.66. The lowest BCUT2D eigenvalue weighted by Crippen LogP contribution is -2.18. The lowest BCUT2D eigenvalue weighted by atomic mass is 9.82. The molecule has 2 unspecified atom stereocenters. The van der Waals surface area contributed by atoms with Crippen LogP contribution in [0.3, 0.4) is 0 Å². The van der Waals surface area contributed by atoms with Gasteiger partial charge in [-0.25, -0.2) is 0 Å². The monoisotopic (exact) mass is 218 g/mol.